The molecule has 5 nitrogen and oxygen atoms in total. The minimum absolute atomic E-state index is 0.0482. The second-order valence-corrected chi connectivity index (χ2v) is 7.35. The fourth-order valence-electron chi connectivity index (χ4n) is 2.73. The van der Waals surface area contributed by atoms with Crippen LogP contribution >= 0.6 is 24.4 Å². The minimum Gasteiger partial charge on any atom is -0.330 e. The summed E-state index contributed by atoms with van der Waals surface area (Å²) in [6.45, 7) is 1.85. The van der Waals surface area contributed by atoms with Gasteiger partial charge in [-0.3, -0.25) is 4.79 Å². The topological polar surface area (TPSA) is 61.4 Å². The second-order valence-electron chi connectivity index (χ2n) is 6.52. The lowest BCUT2D eigenvalue weighted by Crippen LogP contribution is -2.35. The number of rotatable bonds is 5. The van der Waals surface area contributed by atoms with Crippen LogP contribution < -0.4 is 14.9 Å². The quantitative estimate of drug-likeness (QED) is 0.433. The largest absolute Gasteiger partial charge is 0.332 e. The van der Waals surface area contributed by atoms with E-state index in [-0.39, 0.29) is 11.6 Å². The number of anilines is 2. The maximum Gasteiger partial charge on any atom is 0.332 e. The third-order valence-corrected chi connectivity index (χ3v) is 5.06. The summed E-state index contributed by atoms with van der Waals surface area (Å²) in [7, 11) is 0. The molecule has 0 radical (unpaired) electrons. The molecule has 0 saturated carbocycles. The minimum atomic E-state index is -0.598. The molecule has 2 N–H and O–H groups in total. The molecule has 3 aromatic rings. The number of thiol groups is 1. The van der Waals surface area contributed by atoms with Gasteiger partial charge in [-0.2, -0.15) is 0 Å². The van der Waals surface area contributed by atoms with Crippen LogP contribution in [0.15, 0.2) is 72.8 Å². The average Bonchev–Trinajstić information content (AvgIpc) is 2.74. The van der Waals surface area contributed by atoms with Crippen molar-refractivity contribution >= 4 is 47.7 Å². The van der Waals surface area contributed by atoms with Gasteiger partial charge in [0.2, 0.25) is 0 Å². The Morgan fingerprint density at radius 2 is 1.63 bits per heavy atom. The van der Waals surface area contributed by atoms with Crippen molar-refractivity contribution in [1.82, 2.24) is 5.32 Å². The summed E-state index contributed by atoms with van der Waals surface area (Å²) in [5.74, 6) is -1.15. The summed E-state index contributed by atoms with van der Waals surface area (Å²) >= 11 is 10.1. The summed E-state index contributed by atoms with van der Waals surface area (Å²) in [5.41, 5.74) is 1.82. The number of carbonyl (C=O) groups excluding carboxylic acids is 2. The molecule has 0 saturated heterocycles. The van der Waals surface area contributed by atoms with Crippen LogP contribution in [0.1, 0.15) is 28.9 Å². The number of hydrogen-bond acceptors (Lipinski definition) is 3. The van der Waals surface area contributed by atoms with Crippen LogP contribution in [-0.2, 0) is 0 Å². The molecule has 0 aliphatic heterocycles. The van der Waals surface area contributed by atoms with Crippen LogP contribution in [0.4, 0.5) is 20.6 Å². The number of urea groups is 1. The Morgan fingerprint density at radius 1 is 1.00 bits per heavy atom. The fraction of sp³-hybridized carbons (Fsp3) is 0.0909. The lowest BCUT2D eigenvalue weighted by Gasteiger charge is -2.21. The van der Waals surface area contributed by atoms with Crippen molar-refractivity contribution in [3.63, 3.8) is 0 Å². The van der Waals surface area contributed by atoms with Crippen LogP contribution in [0, 0.1) is 5.82 Å². The molecule has 3 aromatic carbocycles. The third kappa shape index (κ3) is 5.31. The van der Waals surface area contributed by atoms with Crippen molar-refractivity contribution in [2.75, 3.05) is 9.62 Å². The zero-order valence-corrected chi connectivity index (χ0v) is 17.6. The van der Waals surface area contributed by atoms with Gasteiger partial charge >= 0.3 is 6.03 Å². The van der Waals surface area contributed by atoms with Crippen LogP contribution in [0.3, 0.4) is 0 Å². The van der Waals surface area contributed by atoms with Gasteiger partial charge in [0.15, 0.2) is 0 Å². The first-order chi connectivity index (χ1) is 14.3. The van der Waals surface area contributed by atoms with Crippen molar-refractivity contribution in [2.45, 2.75) is 13.0 Å². The van der Waals surface area contributed by atoms with Gasteiger partial charge in [-0.25, -0.2) is 13.5 Å². The molecule has 3 rings (SSSR count). The highest BCUT2D eigenvalue weighted by Gasteiger charge is 2.16. The predicted octanol–water partition coefficient (Wildman–Crippen LogP) is 5.85. The highest BCUT2D eigenvalue weighted by atomic mass is 35.5. The Hall–Kier alpha value is -3.03. The van der Waals surface area contributed by atoms with Gasteiger partial charge in [0.1, 0.15) is 5.82 Å². The lowest BCUT2D eigenvalue weighted by atomic mass is 10.1. The molecule has 0 heterocycles. The highest BCUT2D eigenvalue weighted by molar-refractivity contribution is 7.82. The van der Waals surface area contributed by atoms with E-state index in [1.54, 1.807) is 42.5 Å². The monoisotopic (exact) mass is 443 g/mol. The van der Waals surface area contributed by atoms with Gasteiger partial charge in [-0.15, -0.1) is 0 Å². The number of halogens is 2. The number of carbonyl (C=O) groups is 2. The maximum atomic E-state index is 13.7. The first-order valence-electron chi connectivity index (χ1n) is 9.06. The van der Waals surface area contributed by atoms with E-state index >= 15 is 0 Å². The Balaban J connectivity index is 1.62. The number of amides is 3. The molecule has 3 amide bonds. The molecule has 0 aromatic heterocycles. The van der Waals surface area contributed by atoms with Gasteiger partial charge in [0.25, 0.3) is 5.91 Å². The van der Waals surface area contributed by atoms with Crippen LogP contribution in [-0.4, -0.2) is 11.9 Å². The second kappa shape index (κ2) is 9.65. The Kier molecular flexibility index (Phi) is 6.97. The van der Waals surface area contributed by atoms with Crippen molar-refractivity contribution < 1.29 is 14.0 Å². The van der Waals surface area contributed by atoms with Gasteiger partial charge in [-0.1, -0.05) is 48.7 Å². The smallest absolute Gasteiger partial charge is 0.330 e. The predicted molar refractivity (Wildman–Crippen MR) is 121 cm³/mol. The molecular formula is C22H19ClFN3O2S. The first-order valence-corrected chi connectivity index (χ1v) is 9.84. The van der Waals surface area contributed by atoms with E-state index in [0.29, 0.717) is 16.4 Å². The van der Waals surface area contributed by atoms with Gasteiger partial charge in [-0.05, 0) is 61.0 Å². The van der Waals surface area contributed by atoms with Crippen molar-refractivity contribution in [3.8, 4) is 0 Å². The number of hydrogen-bond donors (Lipinski definition) is 3. The van der Waals surface area contributed by atoms with E-state index in [2.05, 4.69) is 23.4 Å². The lowest BCUT2D eigenvalue weighted by molar-refractivity contribution is 0.102. The van der Waals surface area contributed by atoms with Gasteiger partial charge < -0.3 is 10.6 Å². The number of nitrogens with one attached hydrogen (secondary N) is 2. The summed E-state index contributed by atoms with van der Waals surface area (Å²) in [5, 5.41) is 6.08. The molecule has 0 aliphatic rings. The van der Waals surface area contributed by atoms with E-state index in [4.69, 9.17) is 11.6 Å². The maximum absolute atomic E-state index is 13.7. The van der Waals surface area contributed by atoms with Crippen molar-refractivity contribution in [3.05, 3.63) is 94.8 Å². The summed E-state index contributed by atoms with van der Waals surface area (Å²) in [6, 6.07) is 18.7. The molecule has 1 atom stereocenters. The van der Waals surface area contributed by atoms with Crippen molar-refractivity contribution in [2.24, 2.45) is 0 Å². The van der Waals surface area contributed by atoms with E-state index < -0.39 is 17.8 Å². The third-order valence-electron chi connectivity index (χ3n) is 4.39. The van der Waals surface area contributed by atoms with Crippen molar-refractivity contribution in [1.29, 1.82) is 0 Å². The Bertz CT molecular complexity index is 1050. The zero-order valence-electron chi connectivity index (χ0n) is 16.0. The molecule has 154 valence electrons. The summed E-state index contributed by atoms with van der Waals surface area (Å²) in [6.07, 6.45) is 0. The molecule has 0 fully saturated rings. The number of benzene rings is 3. The molecule has 0 aliphatic carbocycles. The van der Waals surface area contributed by atoms with Crippen LogP contribution in [0.2, 0.25) is 5.02 Å². The summed E-state index contributed by atoms with van der Waals surface area (Å²) < 4.78 is 14.9. The molecule has 0 bridgehead atoms. The molecule has 0 unspecified atom stereocenters. The van der Waals surface area contributed by atoms with Gasteiger partial charge in [0, 0.05) is 10.7 Å². The van der Waals surface area contributed by atoms with Crippen LogP contribution in [0.5, 0.6) is 0 Å². The Labute approximate surface area is 184 Å². The van der Waals surface area contributed by atoms with Crippen LogP contribution in [0.25, 0.3) is 0 Å². The molecule has 8 heteroatoms. The van der Waals surface area contributed by atoms with E-state index in [1.807, 2.05) is 19.1 Å². The Morgan fingerprint density at radius 3 is 2.27 bits per heavy atom. The zero-order chi connectivity index (χ0) is 21.7. The first kappa shape index (κ1) is 21.7. The average molecular weight is 444 g/mol. The van der Waals surface area contributed by atoms with E-state index in [1.165, 1.54) is 18.2 Å². The van der Waals surface area contributed by atoms with E-state index in [9.17, 15) is 14.0 Å². The SMILES string of the molecule is C[C@H](NC(=O)N(S)c1ccc(NC(=O)c2ccccc2F)cc1)c1ccc(Cl)cc1. The highest BCUT2D eigenvalue weighted by Crippen LogP contribution is 2.22. The normalized spacial score (nSPS) is 11.5. The molecule has 30 heavy (non-hydrogen) atoms. The van der Waals surface area contributed by atoms with Gasteiger partial charge in [0.05, 0.1) is 17.3 Å². The summed E-state index contributed by atoms with van der Waals surface area (Å²) in [4.78, 5) is 24.7. The molecular weight excluding hydrogens is 425 g/mol. The number of nitrogens with zero attached hydrogens (tertiary/aromatic N) is 1. The van der Waals surface area contributed by atoms with E-state index in [0.717, 1.165) is 9.87 Å². The molecule has 0 spiro atoms. The standard InChI is InChI=1S/C22H19ClFN3O2S/c1-14(15-6-8-16(23)9-7-15)25-22(29)27(30)18-12-10-17(11-13-18)26-21(28)19-4-2-3-5-20(19)24/h2-14,30H,1H3,(H,25,29)(H,26,28)/t14-/m0/s1. The fourth-order valence-corrected chi connectivity index (χ4v) is 3.05.